The summed E-state index contributed by atoms with van der Waals surface area (Å²) in [5, 5.41) is 8.64. The van der Waals surface area contributed by atoms with Crippen molar-refractivity contribution in [1.29, 1.82) is 5.26 Å². The smallest absolute Gasteiger partial charge is 0.174 e. The number of aromatic nitrogens is 3. The van der Waals surface area contributed by atoms with Gasteiger partial charge in [0.2, 0.25) is 0 Å². The predicted octanol–water partition coefficient (Wildman–Crippen LogP) is 2.95. The lowest BCUT2D eigenvalue weighted by Crippen LogP contribution is -2.13. The van der Waals surface area contributed by atoms with Gasteiger partial charge < -0.3 is 14.2 Å². The van der Waals surface area contributed by atoms with E-state index in [0.29, 0.717) is 5.75 Å². The molecule has 6 nitrogen and oxygen atoms in total. The number of fused-ring (bicyclic) bond motifs is 1. The molecule has 0 radical (unpaired) electrons. The van der Waals surface area contributed by atoms with Crippen LogP contribution in [0, 0.1) is 18.3 Å². The van der Waals surface area contributed by atoms with E-state index in [4.69, 9.17) is 10.00 Å². The standard InChI is InChI=1S/C17H17N5O/c1-12-4-5-13(23-7-6-18)8-15(12)22(3)17-9-16-14(10-19-17)20-11-21(16)2/h4-5,8-11H,7H2,1-3H3. The van der Waals surface area contributed by atoms with Crippen LogP contribution < -0.4 is 9.64 Å². The molecule has 0 aliphatic rings. The lowest BCUT2D eigenvalue weighted by molar-refractivity contribution is 0.368. The maximum Gasteiger partial charge on any atom is 0.174 e. The molecule has 0 aliphatic carbocycles. The Bertz CT molecular complexity index is 894. The van der Waals surface area contributed by atoms with E-state index < -0.39 is 0 Å². The van der Waals surface area contributed by atoms with Crippen LogP contribution in [0.1, 0.15) is 5.56 Å². The number of nitrogens with zero attached hydrogens (tertiary/aromatic N) is 5. The molecule has 3 aromatic rings. The van der Waals surface area contributed by atoms with Gasteiger partial charge in [-0.2, -0.15) is 5.26 Å². The van der Waals surface area contributed by atoms with Crippen LogP contribution in [0.2, 0.25) is 0 Å². The summed E-state index contributed by atoms with van der Waals surface area (Å²) in [5.41, 5.74) is 3.97. The van der Waals surface area contributed by atoms with Gasteiger partial charge in [-0.1, -0.05) is 6.07 Å². The molecule has 1 aromatic carbocycles. The summed E-state index contributed by atoms with van der Waals surface area (Å²) in [6.45, 7) is 2.06. The predicted molar refractivity (Wildman–Crippen MR) is 88.9 cm³/mol. The topological polar surface area (TPSA) is 67.0 Å². The van der Waals surface area contributed by atoms with Crippen molar-refractivity contribution in [2.75, 3.05) is 18.6 Å². The number of benzene rings is 1. The molecule has 0 saturated carbocycles. The van der Waals surface area contributed by atoms with Gasteiger partial charge >= 0.3 is 0 Å². The molecule has 3 rings (SSSR count). The molecule has 0 fully saturated rings. The van der Waals surface area contributed by atoms with Crippen LogP contribution in [-0.2, 0) is 7.05 Å². The van der Waals surface area contributed by atoms with Crippen LogP contribution in [-0.4, -0.2) is 28.2 Å². The molecule has 0 aliphatic heterocycles. The van der Waals surface area contributed by atoms with E-state index in [2.05, 4.69) is 9.97 Å². The van der Waals surface area contributed by atoms with Crippen LogP contribution in [0.15, 0.2) is 36.8 Å². The average Bonchev–Trinajstić information content (AvgIpc) is 2.94. The zero-order chi connectivity index (χ0) is 16.4. The average molecular weight is 307 g/mol. The molecule has 23 heavy (non-hydrogen) atoms. The van der Waals surface area contributed by atoms with E-state index in [-0.39, 0.29) is 6.61 Å². The SMILES string of the molecule is Cc1ccc(OCC#N)cc1N(C)c1cc2c(cn1)ncn2C. The molecule has 0 atom stereocenters. The quantitative estimate of drug-likeness (QED) is 0.741. The first kappa shape index (κ1) is 14.9. The minimum absolute atomic E-state index is 0.0332. The highest BCUT2D eigenvalue weighted by molar-refractivity contribution is 5.79. The molecule has 6 heteroatoms. The van der Waals surface area contributed by atoms with Crippen molar-refractivity contribution in [3.63, 3.8) is 0 Å². The van der Waals surface area contributed by atoms with Gasteiger partial charge in [0.25, 0.3) is 0 Å². The minimum Gasteiger partial charge on any atom is -0.479 e. The summed E-state index contributed by atoms with van der Waals surface area (Å²) in [5.74, 6) is 1.49. The number of aryl methyl sites for hydroxylation is 2. The zero-order valence-corrected chi connectivity index (χ0v) is 13.3. The third-order valence-corrected chi connectivity index (χ3v) is 3.79. The summed E-state index contributed by atoms with van der Waals surface area (Å²) in [6.07, 6.45) is 3.55. The highest BCUT2D eigenvalue weighted by Crippen LogP contribution is 2.30. The Kier molecular flexibility index (Phi) is 3.85. The molecule has 0 spiro atoms. The Hall–Kier alpha value is -3.07. The van der Waals surface area contributed by atoms with Gasteiger partial charge in [0, 0.05) is 31.9 Å². The number of hydrogen-bond donors (Lipinski definition) is 0. The third-order valence-electron chi connectivity index (χ3n) is 3.79. The van der Waals surface area contributed by atoms with Crippen LogP contribution in [0.3, 0.4) is 0 Å². The second-order valence-corrected chi connectivity index (χ2v) is 5.34. The number of imidazole rings is 1. The fraction of sp³-hybridized carbons (Fsp3) is 0.235. The Labute approximate surface area is 134 Å². The lowest BCUT2D eigenvalue weighted by Gasteiger charge is -2.21. The van der Waals surface area contributed by atoms with Gasteiger partial charge in [-0.05, 0) is 18.6 Å². The second kappa shape index (κ2) is 5.97. The minimum atomic E-state index is 0.0332. The van der Waals surface area contributed by atoms with Gasteiger partial charge in [-0.15, -0.1) is 0 Å². The van der Waals surface area contributed by atoms with E-state index in [9.17, 15) is 0 Å². The van der Waals surface area contributed by atoms with Crippen molar-refractivity contribution in [2.45, 2.75) is 6.92 Å². The van der Waals surface area contributed by atoms with E-state index in [1.165, 1.54) is 0 Å². The second-order valence-electron chi connectivity index (χ2n) is 5.34. The largest absolute Gasteiger partial charge is 0.479 e. The normalized spacial score (nSPS) is 10.5. The summed E-state index contributed by atoms with van der Waals surface area (Å²) in [4.78, 5) is 10.8. The lowest BCUT2D eigenvalue weighted by atomic mass is 10.1. The number of pyridine rings is 1. The van der Waals surface area contributed by atoms with Gasteiger partial charge in [-0.3, -0.25) is 0 Å². The van der Waals surface area contributed by atoms with Crippen LogP contribution in [0.25, 0.3) is 11.0 Å². The van der Waals surface area contributed by atoms with Gasteiger partial charge in [0.05, 0.1) is 18.0 Å². The van der Waals surface area contributed by atoms with Crippen LogP contribution in [0.5, 0.6) is 5.75 Å². The van der Waals surface area contributed by atoms with Crippen molar-refractivity contribution in [3.05, 3.63) is 42.4 Å². The summed E-state index contributed by atoms with van der Waals surface area (Å²) in [7, 11) is 3.92. The van der Waals surface area contributed by atoms with Crippen molar-refractivity contribution in [3.8, 4) is 11.8 Å². The van der Waals surface area contributed by atoms with Crippen LogP contribution in [0.4, 0.5) is 11.5 Å². The third kappa shape index (κ3) is 2.81. The van der Waals surface area contributed by atoms with Gasteiger partial charge in [-0.25, -0.2) is 9.97 Å². The Morgan fingerprint density at radius 2 is 2.13 bits per heavy atom. The number of nitriles is 1. The zero-order valence-electron chi connectivity index (χ0n) is 13.3. The Balaban J connectivity index is 1.99. The molecular weight excluding hydrogens is 290 g/mol. The van der Waals surface area contributed by atoms with E-state index in [1.54, 1.807) is 12.5 Å². The Morgan fingerprint density at radius 3 is 2.91 bits per heavy atom. The maximum atomic E-state index is 8.64. The maximum absolute atomic E-state index is 8.64. The molecule has 0 N–H and O–H groups in total. The van der Waals surface area contributed by atoms with Crippen molar-refractivity contribution in [1.82, 2.24) is 14.5 Å². The molecule has 0 saturated heterocycles. The molecular formula is C17H17N5O. The number of anilines is 2. The Morgan fingerprint density at radius 1 is 1.30 bits per heavy atom. The van der Waals surface area contributed by atoms with Gasteiger partial charge in [0.15, 0.2) is 6.61 Å². The molecule has 2 aromatic heterocycles. The fourth-order valence-corrected chi connectivity index (χ4v) is 2.48. The number of hydrogen-bond acceptors (Lipinski definition) is 5. The van der Waals surface area contributed by atoms with E-state index >= 15 is 0 Å². The number of ether oxygens (including phenoxy) is 1. The summed E-state index contributed by atoms with van der Waals surface area (Å²) in [6, 6.07) is 9.74. The highest BCUT2D eigenvalue weighted by atomic mass is 16.5. The van der Waals surface area contributed by atoms with E-state index in [1.807, 2.05) is 60.8 Å². The molecule has 2 heterocycles. The van der Waals surface area contributed by atoms with E-state index in [0.717, 1.165) is 28.1 Å². The molecule has 116 valence electrons. The van der Waals surface area contributed by atoms with Gasteiger partial charge in [0.1, 0.15) is 23.2 Å². The van der Waals surface area contributed by atoms with Crippen molar-refractivity contribution < 1.29 is 4.74 Å². The monoisotopic (exact) mass is 307 g/mol. The fourth-order valence-electron chi connectivity index (χ4n) is 2.48. The highest BCUT2D eigenvalue weighted by Gasteiger charge is 2.12. The molecule has 0 amide bonds. The van der Waals surface area contributed by atoms with Crippen molar-refractivity contribution >= 4 is 22.5 Å². The first-order valence-electron chi connectivity index (χ1n) is 7.21. The summed E-state index contributed by atoms with van der Waals surface area (Å²) >= 11 is 0. The van der Waals surface area contributed by atoms with Crippen LogP contribution >= 0.6 is 0 Å². The molecule has 0 bridgehead atoms. The van der Waals surface area contributed by atoms with Crippen molar-refractivity contribution in [2.24, 2.45) is 7.05 Å². The molecule has 0 unspecified atom stereocenters. The first-order chi connectivity index (χ1) is 11.1. The first-order valence-corrected chi connectivity index (χ1v) is 7.21. The summed E-state index contributed by atoms with van der Waals surface area (Å²) < 4.78 is 7.36. The number of rotatable bonds is 4.